The largest absolute Gasteiger partial charge is 0.480 e. The second-order valence-corrected chi connectivity index (χ2v) is 5.21. The van der Waals surface area contributed by atoms with E-state index in [4.69, 9.17) is 5.11 Å². The van der Waals surface area contributed by atoms with Gasteiger partial charge in [-0.2, -0.15) is 11.8 Å². The van der Waals surface area contributed by atoms with Crippen LogP contribution in [0.2, 0.25) is 0 Å². The van der Waals surface area contributed by atoms with Crippen LogP contribution in [-0.4, -0.2) is 46.1 Å². The molecular weight excluding hydrogens is 271 g/mol. The van der Waals surface area contributed by atoms with Gasteiger partial charge in [-0.05, 0) is 24.3 Å². The maximum Gasteiger partial charge on any atom is 0.327 e. The zero-order chi connectivity index (χ0) is 13.8. The molecule has 2 rings (SSSR count). The van der Waals surface area contributed by atoms with Gasteiger partial charge in [-0.25, -0.2) is 14.0 Å². The average molecular weight is 284 g/mol. The van der Waals surface area contributed by atoms with Crippen molar-refractivity contribution in [1.82, 2.24) is 4.90 Å². The lowest BCUT2D eigenvalue weighted by Gasteiger charge is -2.32. The molecule has 1 atom stereocenters. The molecule has 1 fully saturated rings. The van der Waals surface area contributed by atoms with Crippen LogP contribution >= 0.6 is 11.8 Å². The topological polar surface area (TPSA) is 69.6 Å². The summed E-state index contributed by atoms with van der Waals surface area (Å²) in [5, 5.41) is 11.6. The first-order chi connectivity index (χ1) is 9.08. The lowest BCUT2D eigenvalue weighted by atomic mass is 10.3. The number of aliphatic carboxylic acids is 1. The van der Waals surface area contributed by atoms with Crippen molar-refractivity contribution in [2.24, 2.45) is 0 Å². The average Bonchev–Trinajstić information content (AvgIpc) is 2.41. The van der Waals surface area contributed by atoms with E-state index in [-0.39, 0.29) is 0 Å². The predicted molar refractivity (Wildman–Crippen MR) is 70.9 cm³/mol. The highest BCUT2D eigenvalue weighted by molar-refractivity contribution is 7.99. The molecule has 7 heteroatoms. The SMILES string of the molecule is O=C(O)C1CSCCN1C(=O)Nc1ccc(F)cc1. The normalized spacial score (nSPS) is 19.0. The number of nitrogens with one attached hydrogen (secondary N) is 1. The molecule has 1 aromatic rings. The zero-order valence-corrected chi connectivity index (χ0v) is 10.8. The van der Waals surface area contributed by atoms with Gasteiger partial charge < -0.3 is 15.3 Å². The fraction of sp³-hybridized carbons (Fsp3) is 0.333. The molecule has 5 nitrogen and oxygen atoms in total. The van der Waals surface area contributed by atoms with E-state index >= 15 is 0 Å². The summed E-state index contributed by atoms with van der Waals surface area (Å²) in [4.78, 5) is 24.4. The quantitative estimate of drug-likeness (QED) is 0.869. The number of thioether (sulfide) groups is 1. The van der Waals surface area contributed by atoms with Gasteiger partial charge in [0.2, 0.25) is 0 Å². The van der Waals surface area contributed by atoms with E-state index in [9.17, 15) is 14.0 Å². The Morgan fingerprint density at radius 1 is 1.37 bits per heavy atom. The van der Waals surface area contributed by atoms with Crippen molar-refractivity contribution < 1.29 is 19.1 Å². The smallest absolute Gasteiger partial charge is 0.327 e. The highest BCUT2D eigenvalue weighted by Crippen LogP contribution is 2.18. The van der Waals surface area contributed by atoms with Crippen LogP contribution in [0.25, 0.3) is 0 Å². The minimum Gasteiger partial charge on any atom is -0.480 e. The minimum absolute atomic E-state index is 0.381. The fourth-order valence-corrected chi connectivity index (χ4v) is 2.82. The van der Waals surface area contributed by atoms with Crippen LogP contribution in [0.1, 0.15) is 0 Å². The lowest BCUT2D eigenvalue weighted by Crippen LogP contribution is -2.51. The summed E-state index contributed by atoms with van der Waals surface area (Å²) in [5.74, 6) is -0.315. The van der Waals surface area contributed by atoms with Crippen LogP contribution in [0, 0.1) is 5.82 Å². The summed E-state index contributed by atoms with van der Waals surface area (Å²) in [6.45, 7) is 0.384. The molecule has 2 amide bonds. The minimum atomic E-state index is -1.01. The van der Waals surface area contributed by atoms with E-state index < -0.39 is 23.9 Å². The number of carboxylic acids is 1. The third kappa shape index (κ3) is 3.37. The van der Waals surface area contributed by atoms with Crippen LogP contribution in [0.4, 0.5) is 14.9 Å². The first kappa shape index (κ1) is 13.7. The summed E-state index contributed by atoms with van der Waals surface area (Å²) >= 11 is 1.51. The highest BCUT2D eigenvalue weighted by atomic mass is 32.2. The Balaban J connectivity index is 2.05. The Kier molecular flexibility index (Phi) is 4.26. The molecule has 2 N–H and O–H groups in total. The van der Waals surface area contributed by atoms with Crippen molar-refractivity contribution in [2.45, 2.75) is 6.04 Å². The van der Waals surface area contributed by atoms with Gasteiger partial charge >= 0.3 is 12.0 Å². The molecule has 1 aliphatic heterocycles. The number of halogens is 1. The number of carbonyl (C=O) groups is 2. The molecule has 0 radical (unpaired) electrons. The Labute approximate surface area is 113 Å². The summed E-state index contributed by atoms with van der Waals surface area (Å²) in [6, 6.07) is 4.04. The van der Waals surface area contributed by atoms with Crippen LogP contribution in [0.15, 0.2) is 24.3 Å². The molecule has 0 spiro atoms. The van der Waals surface area contributed by atoms with Gasteiger partial charge in [0.25, 0.3) is 0 Å². The maximum absolute atomic E-state index is 12.7. The van der Waals surface area contributed by atoms with Crippen molar-refractivity contribution in [3.63, 3.8) is 0 Å². The first-order valence-electron chi connectivity index (χ1n) is 5.71. The Hall–Kier alpha value is -1.76. The Morgan fingerprint density at radius 3 is 2.68 bits per heavy atom. The number of carbonyl (C=O) groups excluding carboxylic acids is 1. The van der Waals surface area contributed by atoms with Crippen molar-refractivity contribution >= 4 is 29.4 Å². The van der Waals surface area contributed by atoms with Crippen LogP contribution in [0.3, 0.4) is 0 Å². The van der Waals surface area contributed by atoms with Crippen LogP contribution in [-0.2, 0) is 4.79 Å². The third-order valence-corrected chi connectivity index (χ3v) is 3.79. The van der Waals surface area contributed by atoms with Gasteiger partial charge in [0.05, 0.1) is 0 Å². The highest BCUT2D eigenvalue weighted by Gasteiger charge is 2.32. The number of rotatable bonds is 2. The molecule has 1 saturated heterocycles. The van der Waals surface area contributed by atoms with Gasteiger partial charge in [-0.3, -0.25) is 0 Å². The van der Waals surface area contributed by atoms with Crippen molar-refractivity contribution in [2.75, 3.05) is 23.4 Å². The van der Waals surface area contributed by atoms with E-state index in [0.29, 0.717) is 23.7 Å². The summed E-state index contributed by atoms with van der Waals surface area (Å²) in [5.41, 5.74) is 0.439. The number of hydrogen-bond acceptors (Lipinski definition) is 3. The molecule has 1 aromatic carbocycles. The van der Waals surface area contributed by atoms with Crippen LogP contribution < -0.4 is 5.32 Å². The number of urea groups is 1. The van der Waals surface area contributed by atoms with E-state index in [2.05, 4.69) is 5.32 Å². The van der Waals surface area contributed by atoms with Crippen molar-refractivity contribution in [1.29, 1.82) is 0 Å². The second kappa shape index (κ2) is 5.92. The second-order valence-electron chi connectivity index (χ2n) is 4.06. The van der Waals surface area contributed by atoms with Gasteiger partial charge in [-0.15, -0.1) is 0 Å². The Bertz CT molecular complexity index is 480. The van der Waals surface area contributed by atoms with E-state index in [0.717, 1.165) is 0 Å². The molecule has 0 aliphatic carbocycles. The molecule has 19 heavy (non-hydrogen) atoms. The van der Waals surface area contributed by atoms with Gasteiger partial charge in [0.15, 0.2) is 0 Å². The first-order valence-corrected chi connectivity index (χ1v) is 6.87. The van der Waals surface area contributed by atoms with Gasteiger partial charge in [-0.1, -0.05) is 0 Å². The summed E-state index contributed by atoms with van der Waals surface area (Å²) in [7, 11) is 0. The molecule has 1 aliphatic rings. The molecule has 1 heterocycles. The lowest BCUT2D eigenvalue weighted by molar-refractivity contribution is -0.141. The zero-order valence-electron chi connectivity index (χ0n) is 10.0. The number of amides is 2. The number of benzene rings is 1. The summed E-state index contributed by atoms with van der Waals surface area (Å²) < 4.78 is 12.7. The number of carboxylic acid groups (broad SMARTS) is 1. The molecule has 0 bridgehead atoms. The number of hydrogen-bond donors (Lipinski definition) is 2. The third-order valence-electron chi connectivity index (χ3n) is 2.77. The molecule has 0 aromatic heterocycles. The van der Waals surface area contributed by atoms with E-state index in [1.165, 1.54) is 40.9 Å². The molecule has 102 valence electrons. The summed E-state index contributed by atoms with van der Waals surface area (Å²) in [6.07, 6.45) is 0. The van der Waals surface area contributed by atoms with Gasteiger partial charge in [0, 0.05) is 23.7 Å². The molecular formula is C12H13FN2O3S. The molecule has 1 unspecified atom stereocenters. The standard InChI is InChI=1S/C12H13FN2O3S/c13-8-1-3-9(4-2-8)14-12(18)15-5-6-19-7-10(15)11(16)17/h1-4,10H,5-7H2,(H,14,18)(H,16,17). The fourth-order valence-electron chi connectivity index (χ4n) is 1.78. The molecule has 0 saturated carbocycles. The predicted octanol–water partition coefficient (Wildman–Crippen LogP) is 1.86. The van der Waals surface area contributed by atoms with Crippen molar-refractivity contribution in [3.05, 3.63) is 30.1 Å². The van der Waals surface area contributed by atoms with Crippen LogP contribution in [0.5, 0.6) is 0 Å². The maximum atomic E-state index is 12.7. The number of anilines is 1. The number of nitrogens with zero attached hydrogens (tertiary/aromatic N) is 1. The van der Waals surface area contributed by atoms with E-state index in [1.54, 1.807) is 0 Å². The monoisotopic (exact) mass is 284 g/mol. The Morgan fingerprint density at radius 2 is 2.05 bits per heavy atom. The van der Waals surface area contributed by atoms with Gasteiger partial charge in [0.1, 0.15) is 11.9 Å². The van der Waals surface area contributed by atoms with E-state index in [1.807, 2.05) is 0 Å². The van der Waals surface area contributed by atoms with Crippen molar-refractivity contribution in [3.8, 4) is 0 Å².